The molecule has 0 unspecified atom stereocenters. The molecule has 2 amide bonds. The molecule has 1 aromatic rings. The van der Waals surface area contributed by atoms with E-state index in [9.17, 15) is 9.59 Å². The van der Waals surface area contributed by atoms with Crippen molar-refractivity contribution in [3.8, 4) is 0 Å². The molecule has 1 fully saturated rings. The molecule has 1 aliphatic heterocycles. The maximum Gasteiger partial charge on any atom is 0.335 e. The monoisotopic (exact) mass is 312 g/mol. The van der Waals surface area contributed by atoms with E-state index in [0.29, 0.717) is 25.4 Å². The second-order valence-electron chi connectivity index (χ2n) is 5.49. The van der Waals surface area contributed by atoms with Gasteiger partial charge in [-0.2, -0.15) is 0 Å². The summed E-state index contributed by atoms with van der Waals surface area (Å²) in [6.45, 7) is 5.24. The minimum Gasteiger partial charge on any atom is -0.478 e. The van der Waals surface area contributed by atoms with Crippen LogP contribution in [0.1, 0.15) is 24.2 Å². The summed E-state index contributed by atoms with van der Waals surface area (Å²) >= 11 is 5.86. The lowest BCUT2D eigenvalue weighted by Gasteiger charge is -2.38. The zero-order valence-corrected chi connectivity index (χ0v) is 12.6. The van der Waals surface area contributed by atoms with Crippen molar-refractivity contribution in [2.24, 2.45) is 0 Å². The predicted molar refractivity (Wildman–Crippen MR) is 79.0 cm³/mol. The normalized spacial score (nSPS) is 17.4. The summed E-state index contributed by atoms with van der Waals surface area (Å²) in [6.07, 6.45) is 0. The van der Waals surface area contributed by atoms with Crippen molar-refractivity contribution in [1.29, 1.82) is 0 Å². The Labute approximate surface area is 127 Å². The van der Waals surface area contributed by atoms with Gasteiger partial charge in [0.25, 0.3) is 0 Å². The highest BCUT2D eigenvalue weighted by Crippen LogP contribution is 2.21. The van der Waals surface area contributed by atoms with E-state index in [-0.39, 0.29) is 16.6 Å². The van der Waals surface area contributed by atoms with E-state index in [4.69, 9.17) is 21.4 Å². The Morgan fingerprint density at radius 2 is 2.10 bits per heavy atom. The topological polar surface area (TPSA) is 78.9 Å². The molecule has 0 bridgehead atoms. The van der Waals surface area contributed by atoms with Crippen LogP contribution < -0.4 is 5.32 Å². The van der Waals surface area contributed by atoms with Crippen molar-refractivity contribution in [1.82, 2.24) is 4.90 Å². The van der Waals surface area contributed by atoms with E-state index in [1.165, 1.54) is 18.2 Å². The number of nitrogens with zero attached hydrogens (tertiary/aromatic N) is 1. The van der Waals surface area contributed by atoms with Gasteiger partial charge in [-0.15, -0.1) is 0 Å². The van der Waals surface area contributed by atoms with Crippen molar-refractivity contribution >= 4 is 29.3 Å². The number of urea groups is 1. The summed E-state index contributed by atoms with van der Waals surface area (Å²) < 4.78 is 5.55. The summed E-state index contributed by atoms with van der Waals surface area (Å²) in [5, 5.41) is 11.9. The van der Waals surface area contributed by atoms with Gasteiger partial charge in [0.2, 0.25) is 0 Å². The molecule has 21 heavy (non-hydrogen) atoms. The van der Waals surface area contributed by atoms with E-state index in [0.717, 1.165) is 0 Å². The van der Waals surface area contributed by atoms with Crippen molar-refractivity contribution < 1.29 is 19.4 Å². The second-order valence-corrected chi connectivity index (χ2v) is 5.93. The molecular formula is C14H17ClN2O4. The van der Waals surface area contributed by atoms with Crippen LogP contribution in [0.2, 0.25) is 5.02 Å². The highest BCUT2D eigenvalue weighted by molar-refractivity contribution is 6.31. The van der Waals surface area contributed by atoms with Gasteiger partial charge in [-0.05, 0) is 32.0 Å². The molecule has 0 spiro atoms. The average Bonchev–Trinajstić information content (AvgIpc) is 2.36. The number of carbonyl (C=O) groups is 2. The van der Waals surface area contributed by atoms with E-state index in [1.807, 2.05) is 13.8 Å². The number of amides is 2. The van der Waals surface area contributed by atoms with E-state index in [2.05, 4.69) is 5.32 Å². The number of hydrogen-bond donors (Lipinski definition) is 2. The van der Waals surface area contributed by atoms with E-state index < -0.39 is 11.6 Å². The lowest BCUT2D eigenvalue weighted by Crippen LogP contribution is -2.51. The minimum absolute atomic E-state index is 0.0279. The van der Waals surface area contributed by atoms with Crippen molar-refractivity contribution in [3.05, 3.63) is 28.8 Å². The Kier molecular flexibility index (Phi) is 4.39. The van der Waals surface area contributed by atoms with Crippen LogP contribution in [0.4, 0.5) is 10.5 Å². The number of carboxylic acids is 1. The molecule has 7 heteroatoms. The maximum absolute atomic E-state index is 12.2. The summed E-state index contributed by atoms with van der Waals surface area (Å²) in [7, 11) is 0. The average molecular weight is 313 g/mol. The molecule has 2 rings (SSSR count). The molecule has 114 valence electrons. The second kappa shape index (κ2) is 5.91. The first-order valence-electron chi connectivity index (χ1n) is 6.51. The number of anilines is 1. The number of carbonyl (C=O) groups excluding carboxylic acids is 1. The molecule has 0 aromatic heterocycles. The summed E-state index contributed by atoms with van der Waals surface area (Å²) in [6, 6.07) is 3.91. The molecule has 1 aliphatic rings. The first-order chi connectivity index (χ1) is 9.77. The van der Waals surface area contributed by atoms with Crippen LogP contribution in [0.5, 0.6) is 0 Å². The zero-order valence-electron chi connectivity index (χ0n) is 11.9. The molecule has 1 heterocycles. The molecule has 0 aliphatic carbocycles. The van der Waals surface area contributed by atoms with Crippen LogP contribution >= 0.6 is 11.6 Å². The largest absolute Gasteiger partial charge is 0.478 e. The third-order valence-corrected chi connectivity index (χ3v) is 3.33. The van der Waals surface area contributed by atoms with Gasteiger partial charge < -0.3 is 20.1 Å². The first kappa shape index (κ1) is 15.6. The van der Waals surface area contributed by atoms with Gasteiger partial charge in [-0.25, -0.2) is 9.59 Å². The Morgan fingerprint density at radius 3 is 2.71 bits per heavy atom. The van der Waals surface area contributed by atoms with Gasteiger partial charge in [0.1, 0.15) is 0 Å². The van der Waals surface area contributed by atoms with E-state index in [1.54, 1.807) is 4.90 Å². The fourth-order valence-electron chi connectivity index (χ4n) is 2.18. The van der Waals surface area contributed by atoms with Crippen LogP contribution in [-0.4, -0.2) is 47.3 Å². The minimum atomic E-state index is -1.10. The quantitative estimate of drug-likeness (QED) is 0.880. The van der Waals surface area contributed by atoms with Crippen LogP contribution in [0.25, 0.3) is 0 Å². The highest BCUT2D eigenvalue weighted by atomic mass is 35.5. The fraction of sp³-hybridized carbons (Fsp3) is 0.429. The van der Waals surface area contributed by atoms with Gasteiger partial charge in [0.15, 0.2) is 0 Å². The number of carboxylic acid groups (broad SMARTS) is 1. The molecule has 1 aromatic carbocycles. The lowest BCUT2D eigenvalue weighted by atomic mass is 10.1. The SMILES string of the molecule is CC1(C)CN(C(=O)Nc2cc(Cl)cc(C(=O)O)c2)CCO1. The first-order valence-corrected chi connectivity index (χ1v) is 6.88. The molecule has 2 N–H and O–H groups in total. The lowest BCUT2D eigenvalue weighted by molar-refractivity contribution is -0.0720. The molecule has 6 nitrogen and oxygen atoms in total. The van der Waals surface area contributed by atoms with Gasteiger partial charge in [0.05, 0.1) is 24.3 Å². The molecule has 1 saturated heterocycles. The number of aromatic carboxylic acids is 1. The Balaban J connectivity index is 2.11. The summed E-state index contributed by atoms with van der Waals surface area (Å²) in [5.74, 6) is -1.10. The van der Waals surface area contributed by atoms with Crippen LogP contribution in [-0.2, 0) is 4.74 Å². The molecule has 0 atom stereocenters. The third-order valence-electron chi connectivity index (χ3n) is 3.11. The maximum atomic E-state index is 12.2. The highest BCUT2D eigenvalue weighted by Gasteiger charge is 2.30. The van der Waals surface area contributed by atoms with Crippen LogP contribution in [0.15, 0.2) is 18.2 Å². The number of benzene rings is 1. The summed E-state index contributed by atoms with van der Waals surface area (Å²) in [5.41, 5.74) is -0.00909. The number of morpholine rings is 1. The van der Waals surface area contributed by atoms with Crippen molar-refractivity contribution in [2.45, 2.75) is 19.4 Å². The fourth-order valence-corrected chi connectivity index (χ4v) is 2.41. The van der Waals surface area contributed by atoms with Crippen molar-refractivity contribution in [3.63, 3.8) is 0 Å². The Morgan fingerprint density at radius 1 is 1.38 bits per heavy atom. The summed E-state index contributed by atoms with van der Waals surface area (Å²) in [4.78, 5) is 24.8. The molecule has 0 radical (unpaired) electrons. The predicted octanol–water partition coefficient (Wildman–Crippen LogP) is 2.68. The van der Waals surface area contributed by atoms with Gasteiger partial charge in [-0.3, -0.25) is 0 Å². The Hall–Kier alpha value is -1.79. The van der Waals surface area contributed by atoms with Crippen LogP contribution in [0.3, 0.4) is 0 Å². The van der Waals surface area contributed by atoms with Crippen LogP contribution in [0, 0.1) is 0 Å². The number of rotatable bonds is 2. The van der Waals surface area contributed by atoms with Crippen molar-refractivity contribution in [2.75, 3.05) is 25.0 Å². The molecule has 0 saturated carbocycles. The number of ether oxygens (including phenoxy) is 1. The zero-order chi connectivity index (χ0) is 15.6. The van der Waals surface area contributed by atoms with Gasteiger partial charge in [-0.1, -0.05) is 11.6 Å². The van der Waals surface area contributed by atoms with E-state index >= 15 is 0 Å². The number of hydrogen-bond acceptors (Lipinski definition) is 3. The smallest absolute Gasteiger partial charge is 0.335 e. The standard InChI is InChI=1S/C14H17ClN2O4/c1-14(2)8-17(3-4-21-14)13(20)16-11-6-9(12(18)19)5-10(15)7-11/h5-7H,3-4,8H2,1-2H3,(H,16,20)(H,18,19). The third kappa shape index (κ3) is 4.09. The van der Waals surface area contributed by atoms with Gasteiger partial charge >= 0.3 is 12.0 Å². The molecular weight excluding hydrogens is 296 g/mol. The number of nitrogens with one attached hydrogen (secondary N) is 1. The number of halogens is 1. The Bertz CT molecular complexity index is 574. The van der Waals surface area contributed by atoms with Gasteiger partial charge in [0, 0.05) is 17.3 Å².